The molecule has 0 aliphatic carbocycles. The van der Waals surface area contributed by atoms with Crippen LogP contribution < -0.4 is 0 Å². The number of allylic oxidation sites excluding steroid dienone is 1. The molecule has 0 bridgehead atoms. The second-order valence-corrected chi connectivity index (χ2v) is 1.76. The SMILES string of the molecule is C#CC/C=C\N(C)C. The molecule has 0 aromatic rings. The molecular weight excluding hydrogens is 98.1 g/mol. The molecule has 1 nitrogen and oxygen atoms in total. The lowest BCUT2D eigenvalue weighted by Crippen LogP contribution is -1.99. The minimum atomic E-state index is 0.720. The molecule has 0 unspecified atom stereocenters. The van der Waals surface area contributed by atoms with E-state index in [1.54, 1.807) is 0 Å². The van der Waals surface area contributed by atoms with Gasteiger partial charge in [0.05, 0.1) is 0 Å². The Balaban J connectivity index is 3.23. The number of hydrogen-bond donors (Lipinski definition) is 0. The molecule has 0 aromatic heterocycles. The first-order valence-electron chi connectivity index (χ1n) is 2.54. The van der Waals surface area contributed by atoms with E-state index in [9.17, 15) is 0 Å². The number of nitrogens with zero attached hydrogens (tertiary/aromatic N) is 1. The first-order valence-corrected chi connectivity index (χ1v) is 2.54. The van der Waals surface area contributed by atoms with E-state index in [-0.39, 0.29) is 0 Å². The summed E-state index contributed by atoms with van der Waals surface area (Å²) in [6, 6.07) is 0. The minimum absolute atomic E-state index is 0.720. The molecule has 0 saturated carbocycles. The highest BCUT2D eigenvalue weighted by atomic mass is 15.0. The zero-order chi connectivity index (χ0) is 6.41. The van der Waals surface area contributed by atoms with Gasteiger partial charge in [-0.3, -0.25) is 0 Å². The van der Waals surface area contributed by atoms with Crippen LogP contribution in [0.4, 0.5) is 0 Å². The lowest BCUT2D eigenvalue weighted by molar-refractivity contribution is 0.562. The molecule has 0 heterocycles. The van der Waals surface area contributed by atoms with Gasteiger partial charge < -0.3 is 4.90 Å². The molecule has 8 heavy (non-hydrogen) atoms. The first-order chi connectivity index (χ1) is 3.77. The Morgan fingerprint density at radius 1 is 1.62 bits per heavy atom. The molecule has 0 aliphatic rings. The van der Waals surface area contributed by atoms with Gasteiger partial charge in [0.15, 0.2) is 0 Å². The van der Waals surface area contributed by atoms with Crippen LogP contribution in [0.25, 0.3) is 0 Å². The average Bonchev–Trinajstić information content (AvgIpc) is 1.66. The van der Waals surface area contributed by atoms with Crippen LogP contribution in [0.2, 0.25) is 0 Å². The van der Waals surface area contributed by atoms with Crippen molar-refractivity contribution < 1.29 is 0 Å². The molecular formula is C7H11N. The Kier molecular flexibility index (Phi) is 3.78. The Labute approximate surface area is 51.0 Å². The van der Waals surface area contributed by atoms with Crippen molar-refractivity contribution in [3.63, 3.8) is 0 Å². The summed E-state index contributed by atoms with van der Waals surface area (Å²) < 4.78 is 0. The van der Waals surface area contributed by atoms with E-state index < -0.39 is 0 Å². The van der Waals surface area contributed by atoms with Gasteiger partial charge >= 0.3 is 0 Å². The number of hydrogen-bond acceptors (Lipinski definition) is 1. The van der Waals surface area contributed by atoms with Crippen LogP contribution in [0, 0.1) is 12.3 Å². The van der Waals surface area contributed by atoms with Crippen LogP contribution in [-0.4, -0.2) is 19.0 Å². The predicted octanol–water partition coefficient (Wildman–Crippen LogP) is 1.08. The Morgan fingerprint density at radius 2 is 2.25 bits per heavy atom. The molecule has 1 heteroatoms. The summed E-state index contributed by atoms with van der Waals surface area (Å²) in [6.45, 7) is 0. The summed E-state index contributed by atoms with van der Waals surface area (Å²) in [5.74, 6) is 2.51. The van der Waals surface area contributed by atoms with E-state index in [1.807, 2.05) is 31.3 Å². The monoisotopic (exact) mass is 109 g/mol. The summed E-state index contributed by atoms with van der Waals surface area (Å²) in [5.41, 5.74) is 0. The molecule has 0 aromatic carbocycles. The molecule has 0 radical (unpaired) electrons. The van der Waals surface area contributed by atoms with Crippen LogP contribution in [0.15, 0.2) is 12.3 Å². The quantitative estimate of drug-likeness (QED) is 0.480. The molecule has 0 amide bonds. The van der Waals surface area contributed by atoms with Crippen LogP contribution >= 0.6 is 0 Å². The van der Waals surface area contributed by atoms with E-state index in [4.69, 9.17) is 6.42 Å². The van der Waals surface area contributed by atoms with Gasteiger partial charge in [-0.2, -0.15) is 0 Å². The first kappa shape index (κ1) is 7.10. The summed E-state index contributed by atoms with van der Waals surface area (Å²) in [6.07, 6.45) is 9.60. The van der Waals surface area contributed by atoms with E-state index in [0.717, 1.165) is 6.42 Å². The summed E-state index contributed by atoms with van der Waals surface area (Å²) >= 11 is 0. The largest absolute Gasteiger partial charge is 0.384 e. The fourth-order valence-electron chi connectivity index (χ4n) is 0.332. The molecule has 0 aliphatic heterocycles. The van der Waals surface area contributed by atoms with Crippen molar-refractivity contribution in [2.75, 3.05) is 14.1 Å². The lowest BCUT2D eigenvalue weighted by Gasteiger charge is -2.00. The Bertz CT molecular complexity index is 106. The second kappa shape index (κ2) is 4.26. The minimum Gasteiger partial charge on any atom is -0.384 e. The van der Waals surface area contributed by atoms with E-state index in [2.05, 4.69) is 5.92 Å². The maximum atomic E-state index is 4.99. The zero-order valence-electron chi connectivity index (χ0n) is 5.39. The van der Waals surface area contributed by atoms with Gasteiger partial charge in [-0.15, -0.1) is 12.3 Å². The molecule has 0 atom stereocenters. The Morgan fingerprint density at radius 3 is 2.62 bits per heavy atom. The van der Waals surface area contributed by atoms with Crippen molar-refractivity contribution in [1.29, 1.82) is 0 Å². The van der Waals surface area contributed by atoms with E-state index in [0.29, 0.717) is 0 Å². The maximum absolute atomic E-state index is 4.99. The highest BCUT2D eigenvalue weighted by Gasteiger charge is 1.71. The summed E-state index contributed by atoms with van der Waals surface area (Å²) in [4.78, 5) is 1.96. The van der Waals surface area contributed by atoms with Crippen molar-refractivity contribution in [1.82, 2.24) is 4.90 Å². The van der Waals surface area contributed by atoms with Gasteiger partial charge in [-0.05, 0) is 6.20 Å². The normalized spacial score (nSPS) is 9.12. The maximum Gasteiger partial charge on any atom is 0.0283 e. The Hall–Kier alpha value is -0.900. The van der Waals surface area contributed by atoms with Crippen molar-refractivity contribution in [3.05, 3.63) is 12.3 Å². The fourth-order valence-corrected chi connectivity index (χ4v) is 0.332. The number of rotatable bonds is 2. The summed E-state index contributed by atoms with van der Waals surface area (Å²) in [7, 11) is 3.93. The smallest absolute Gasteiger partial charge is 0.0283 e. The fraction of sp³-hybridized carbons (Fsp3) is 0.429. The number of terminal acetylenes is 1. The molecule has 0 saturated heterocycles. The molecule has 0 fully saturated rings. The highest BCUT2D eigenvalue weighted by Crippen LogP contribution is 1.80. The van der Waals surface area contributed by atoms with Crippen molar-refractivity contribution >= 4 is 0 Å². The van der Waals surface area contributed by atoms with Crippen LogP contribution in [0.1, 0.15) is 6.42 Å². The second-order valence-electron chi connectivity index (χ2n) is 1.76. The van der Waals surface area contributed by atoms with Crippen LogP contribution in [0.5, 0.6) is 0 Å². The third-order valence-electron chi connectivity index (χ3n) is 0.639. The molecule has 0 rings (SSSR count). The summed E-state index contributed by atoms with van der Waals surface area (Å²) in [5, 5.41) is 0. The van der Waals surface area contributed by atoms with Gasteiger partial charge in [0.2, 0.25) is 0 Å². The molecule has 0 spiro atoms. The van der Waals surface area contributed by atoms with Gasteiger partial charge in [0.1, 0.15) is 0 Å². The average molecular weight is 109 g/mol. The van der Waals surface area contributed by atoms with E-state index >= 15 is 0 Å². The molecule has 0 N–H and O–H groups in total. The van der Waals surface area contributed by atoms with E-state index in [1.165, 1.54) is 0 Å². The standard InChI is InChI=1S/C7H11N/c1-4-5-6-7-8(2)3/h1,6-7H,5H2,2-3H3/b7-6-. The molecule has 44 valence electrons. The third-order valence-corrected chi connectivity index (χ3v) is 0.639. The van der Waals surface area contributed by atoms with Crippen molar-refractivity contribution in [2.45, 2.75) is 6.42 Å². The zero-order valence-corrected chi connectivity index (χ0v) is 5.39. The highest BCUT2D eigenvalue weighted by molar-refractivity contribution is 4.95. The van der Waals surface area contributed by atoms with Crippen LogP contribution in [-0.2, 0) is 0 Å². The van der Waals surface area contributed by atoms with Gasteiger partial charge in [-0.25, -0.2) is 0 Å². The van der Waals surface area contributed by atoms with Gasteiger partial charge in [0.25, 0.3) is 0 Å². The topological polar surface area (TPSA) is 3.24 Å². The van der Waals surface area contributed by atoms with Crippen LogP contribution in [0.3, 0.4) is 0 Å². The predicted molar refractivity (Wildman–Crippen MR) is 36.3 cm³/mol. The lowest BCUT2D eigenvalue weighted by atomic mass is 10.4. The van der Waals surface area contributed by atoms with Crippen molar-refractivity contribution in [2.24, 2.45) is 0 Å². The van der Waals surface area contributed by atoms with Gasteiger partial charge in [-0.1, -0.05) is 6.08 Å². The third kappa shape index (κ3) is 5.10. The van der Waals surface area contributed by atoms with Gasteiger partial charge in [0, 0.05) is 20.5 Å². The van der Waals surface area contributed by atoms with Crippen molar-refractivity contribution in [3.8, 4) is 12.3 Å².